The van der Waals surface area contributed by atoms with Gasteiger partial charge in [-0.3, -0.25) is 0 Å². The lowest BCUT2D eigenvalue weighted by molar-refractivity contribution is 0.472. The van der Waals surface area contributed by atoms with E-state index in [0.29, 0.717) is 5.13 Å². The third-order valence-corrected chi connectivity index (χ3v) is 2.65. The quantitative estimate of drug-likeness (QED) is 0.651. The summed E-state index contributed by atoms with van der Waals surface area (Å²) in [5.41, 5.74) is 7.13. The zero-order valence-electron chi connectivity index (χ0n) is 6.53. The van der Waals surface area contributed by atoms with Crippen LogP contribution in [0.15, 0.2) is 12.1 Å². The van der Waals surface area contributed by atoms with Gasteiger partial charge in [-0.15, -0.1) is 0 Å². The van der Waals surface area contributed by atoms with Gasteiger partial charge in [0.15, 0.2) is 5.13 Å². The van der Waals surface area contributed by atoms with Crippen molar-refractivity contribution in [3.05, 3.63) is 17.7 Å². The number of phenolic OH excluding ortho intramolecular Hbond substituents is 1. The fourth-order valence-electron chi connectivity index (χ4n) is 1.13. The van der Waals surface area contributed by atoms with Crippen LogP contribution in [0.5, 0.6) is 5.75 Å². The number of aromatic hydroxyl groups is 1. The van der Waals surface area contributed by atoms with Crippen LogP contribution in [0.25, 0.3) is 10.2 Å². The molecule has 62 valence electrons. The van der Waals surface area contributed by atoms with Crippen LogP contribution in [-0.4, -0.2) is 10.1 Å². The number of rotatable bonds is 0. The molecule has 3 nitrogen and oxygen atoms in total. The van der Waals surface area contributed by atoms with Crippen molar-refractivity contribution in [2.75, 3.05) is 5.73 Å². The minimum Gasteiger partial charge on any atom is -0.508 e. The molecule has 0 bridgehead atoms. The van der Waals surface area contributed by atoms with E-state index in [2.05, 4.69) is 4.98 Å². The van der Waals surface area contributed by atoms with Crippen LogP contribution in [0, 0.1) is 6.92 Å². The van der Waals surface area contributed by atoms with Gasteiger partial charge in [-0.2, -0.15) is 0 Å². The van der Waals surface area contributed by atoms with E-state index >= 15 is 0 Å². The second-order valence-electron chi connectivity index (χ2n) is 2.61. The monoisotopic (exact) mass is 180 g/mol. The summed E-state index contributed by atoms with van der Waals surface area (Å²) >= 11 is 1.43. The van der Waals surface area contributed by atoms with Crippen molar-refractivity contribution >= 4 is 26.7 Å². The van der Waals surface area contributed by atoms with Crippen molar-refractivity contribution in [3.63, 3.8) is 0 Å². The van der Waals surface area contributed by atoms with Crippen molar-refractivity contribution in [1.29, 1.82) is 0 Å². The van der Waals surface area contributed by atoms with Gasteiger partial charge in [0.2, 0.25) is 0 Å². The molecule has 12 heavy (non-hydrogen) atoms. The van der Waals surface area contributed by atoms with Crippen molar-refractivity contribution in [2.24, 2.45) is 0 Å². The Morgan fingerprint density at radius 1 is 1.50 bits per heavy atom. The summed E-state index contributed by atoms with van der Waals surface area (Å²) in [6.45, 7) is 1.83. The van der Waals surface area contributed by atoms with Crippen LogP contribution in [0.3, 0.4) is 0 Å². The smallest absolute Gasteiger partial charge is 0.181 e. The van der Waals surface area contributed by atoms with Crippen molar-refractivity contribution < 1.29 is 5.11 Å². The Labute approximate surface area is 73.5 Å². The summed E-state index contributed by atoms with van der Waals surface area (Å²) in [6, 6.07) is 3.49. The first-order valence-electron chi connectivity index (χ1n) is 3.53. The number of nitrogens with two attached hydrogens (primary N) is 1. The minimum absolute atomic E-state index is 0.271. The molecule has 0 unspecified atom stereocenters. The molecule has 1 aromatic heterocycles. The van der Waals surface area contributed by atoms with E-state index in [9.17, 15) is 5.11 Å². The van der Waals surface area contributed by atoms with Crippen LogP contribution in [0.4, 0.5) is 5.13 Å². The molecule has 0 radical (unpaired) electrons. The summed E-state index contributed by atoms with van der Waals surface area (Å²) in [4.78, 5) is 4.11. The topological polar surface area (TPSA) is 59.1 Å². The maximum absolute atomic E-state index is 9.35. The fourth-order valence-corrected chi connectivity index (χ4v) is 1.93. The number of benzene rings is 1. The Bertz CT molecular complexity index is 436. The standard InChI is InChI=1S/C8H8N2OS/c1-4-5(11)2-3-6-7(4)10-8(9)12-6/h2-3,11H,1H3,(H2,9,10). The molecule has 0 saturated heterocycles. The molecule has 1 heterocycles. The highest BCUT2D eigenvalue weighted by Gasteiger charge is 2.06. The number of anilines is 1. The summed E-state index contributed by atoms with van der Waals surface area (Å²) in [6.07, 6.45) is 0. The van der Waals surface area contributed by atoms with Gasteiger partial charge in [-0.1, -0.05) is 11.3 Å². The molecule has 3 N–H and O–H groups in total. The number of nitrogens with zero attached hydrogens (tertiary/aromatic N) is 1. The third-order valence-electron chi connectivity index (χ3n) is 1.80. The Morgan fingerprint density at radius 2 is 2.25 bits per heavy atom. The van der Waals surface area contributed by atoms with E-state index in [4.69, 9.17) is 5.73 Å². The van der Waals surface area contributed by atoms with Gasteiger partial charge in [0.25, 0.3) is 0 Å². The van der Waals surface area contributed by atoms with Gasteiger partial charge < -0.3 is 10.8 Å². The van der Waals surface area contributed by atoms with Crippen LogP contribution < -0.4 is 5.73 Å². The molecule has 1 aromatic carbocycles. The van der Waals surface area contributed by atoms with Crippen molar-refractivity contribution in [2.45, 2.75) is 6.92 Å². The Hall–Kier alpha value is -1.29. The Balaban J connectivity index is 2.89. The summed E-state index contributed by atoms with van der Waals surface area (Å²) < 4.78 is 1.02. The lowest BCUT2D eigenvalue weighted by Gasteiger charge is -1.96. The molecule has 2 rings (SSSR count). The highest BCUT2D eigenvalue weighted by atomic mass is 32.1. The molecule has 4 heteroatoms. The normalized spacial score (nSPS) is 10.8. The first-order chi connectivity index (χ1) is 5.68. The van der Waals surface area contributed by atoms with Crippen LogP contribution >= 0.6 is 11.3 Å². The zero-order valence-corrected chi connectivity index (χ0v) is 7.35. The first kappa shape index (κ1) is 7.36. The maximum Gasteiger partial charge on any atom is 0.181 e. The van der Waals surface area contributed by atoms with Gasteiger partial charge in [0, 0.05) is 5.56 Å². The van der Waals surface area contributed by atoms with E-state index in [1.165, 1.54) is 11.3 Å². The number of hydrogen-bond acceptors (Lipinski definition) is 4. The Morgan fingerprint density at radius 3 is 3.00 bits per heavy atom. The number of aromatic nitrogens is 1. The molecule has 0 aliphatic heterocycles. The maximum atomic E-state index is 9.35. The van der Waals surface area contributed by atoms with Crippen molar-refractivity contribution in [1.82, 2.24) is 4.98 Å². The lowest BCUT2D eigenvalue weighted by Crippen LogP contribution is -1.81. The third kappa shape index (κ3) is 0.921. The highest BCUT2D eigenvalue weighted by molar-refractivity contribution is 7.22. The van der Waals surface area contributed by atoms with Gasteiger partial charge in [0.05, 0.1) is 10.2 Å². The largest absolute Gasteiger partial charge is 0.508 e. The second kappa shape index (κ2) is 2.35. The van der Waals surface area contributed by atoms with Gasteiger partial charge in [-0.05, 0) is 19.1 Å². The predicted octanol–water partition coefficient (Wildman–Crippen LogP) is 1.89. The fraction of sp³-hybridized carbons (Fsp3) is 0.125. The average Bonchev–Trinajstić information content (AvgIpc) is 2.39. The lowest BCUT2D eigenvalue weighted by atomic mass is 10.2. The molecule has 0 aliphatic carbocycles. The number of aryl methyl sites for hydroxylation is 1. The number of thiazole rings is 1. The summed E-state index contributed by atoms with van der Waals surface area (Å²) in [5.74, 6) is 0.271. The molecule has 0 spiro atoms. The zero-order chi connectivity index (χ0) is 8.72. The average molecular weight is 180 g/mol. The number of phenols is 1. The summed E-state index contributed by atoms with van der Waals surface area (Å²) in [5, 5.41) is 9.89. The molecule has 2 aromatic rings. The Kier molecular flexibility index (Phi) is 1.44. The van der Waals surface area contributed by atoms with E-state index in [1.807, 2.05) is 13.0 Å². The van der Waals surface area contributed by atoms with E-state index in [0.717, 1.165) is 15.8 Å². The van der Waals surface area contributed by atoms with Crippen molar-refractivity contribution in [3.8, 4) is 5.75 Å². The van der Waals surface area contributed by atoms with Gasteiger partial charge in [-0.25, -0.2) is 4.98 Å². The minimum atomic E-state index is 0.271. The van der Waals surface area contributed by atoms with Crippen LogP contribution in [-0.2, 0) is 0 Å². The summed E-state index contributed by atoms with van der Waals surface area (Å²) in [7, 11) is 0. The van der Waals surface area contributed by atoms with Gasteiger partial charge in [0.1, 0.15) is 5.75 Å². The second-order valence-corrected chi connectivity index (χ2v) is 3.67. The molecule has 0 atom stereocenters. The molecule has 0 saturated carbocycles. The predicted molar refractivity (Wildman–Crippen MR) is 50.4 cm³/mol. The number of hydrogen-bond donors (Lipinski definition) is 2. The molecular formula is C8H8N2OS. The SMILES string of the molecule is Cc1c(O)ccc2sc(N)nc12. The van der Waals surface area contributed by atoms with E-state index in [-0.39, 0.29) is 5.75 Å². The van der Waals surface area contributed by atoms with Crippen LogP contribution in [0.2, 0.25) is 0 Å². The molecule has 0 aliphatic rings. The van der Waals surface area contributed by atoms with E-state index in [1.54, 1.807) is 6.07 Å². The molecular weight excluding hydrogens is 172 g/mol. The molecule has 0 fully saturated rings. The number of nitrogen functional groups attached to an aromatic ring is 1. The highest BCUT2D eigenvalue weighted by Crippen LogP contribution is 2.30. The first-order valence-corrected chi connectivity index (χ1v) is 4.34. The molecule has 0 amide bonds. The van der Waals surface area contributed by atoms with Crippen LogP contribution in [0.1, 0.15) is 5.56 Å². The number of fused-ring (bicyclic) bond motifs is 1. The van der Waals surface area contributed by atoms with Gasteiger partial charge >= 0.3 is 0 Å². The van der Waals surface area contributed by atoms with E-state index < -0.39 is 0 Å².